The van der Waals surface area contributed by atoms with Crippen LogP contribution in [0.3, 0.4) is 0 Å². The fraction of sp³-hybridized carbons (Fsp3) is 0.222. The van der Waals surface area contributed by atoms with E-state index in [0.29, 0.717) is 6.42 Å². The Kier molecular flexibility index (Phi) is 3.17. The number of carbonyl (C=O) groups is 2. The minimum Gasteiger partial charge on any atom is -0.478 e. The molecule has 5 heteroatoms. The van der Waals surface area contributed by atoms with Crippen LogP contribution in [0.1, 0.15) is 23.7 Å². The van der Waals surface area contributed by atoms with Gasteiger partial charge in [0.25, 0.3) is 0 Å². The number of pyridine rings is 1. The Morgan fingerprint density at radius 2 is 2.29 bits per heavy atom. The van der Waals surface area contributed by atoms with Crippen LogP contribution in [0.5, 0.6) is 0 Å². The number of hydrogen-bond acceptors (Lipinski definition) is 3. The Hall–Kier alpha value is -1.91. The zero-order valence-corrected chi connectivity index (χ0v) is 7.65. The minimum atomic E-state index is -1.11. The van der Waals surface area contributed by atoms with Crippen molar-refractivity contribution in [2.24, 2.45) is 0 Å². The fourth-order valence-corrected chi connectivity index (χ4v) is 0.912. The van der Waals surface area contributed by atoms with E-state index >= 15 is 0 Å². The Balaban J connectivity index is 2.95. The third-order valence-corrected chi connectivity index (χ3v) is 1.65. The molecule has 0 bridgehead atoms. The van der Waals surface area contributed by atoms with Crippen molar-refractivity contribution in [2.45, 2.75) is 13.3 Å². The van der Waals surface area contributed by atoms with Gasteiger partial charge in [0.1, 0.15) is 5.56 Å². The third-order valence-electron chi connectivity index (χ3n) is 1.65. The Labute approximate surface area is 80.8 Å². The average molecular weight is 194 g/mol. The van der Waals surface area contributed by atoms with Gasteiger partial charge in [-0.15, -0.1) is 0 Å². The van der Waals surface area contributed by atoms with Gasteiger partial charge in [0, 0.05) is 18.8 Å². The number of aromatic carboxylic acids is 1. The van der Waals surface area contributed by atoms with Crippen molar-refractivity contribution in [2.75, 3.05) is 5.32 Å². The van der Waals surface area contributed by atoms with E-state index in [1.54, 1.807) is 6.92 Å². The molecule has 0 saturated carbocycles. The second kappa shape index (κ2) is 4.36. The summed E-state index contributed by atoms with van der Waals surface area (Å²) in [5.41, 5.74) is 0.272. The zero-order chi connectivity index (χ0) is 10.6. The quantitative estimate of drug-likeness (QED) is 0.755. The topological polar surface area (TPSA) is 79.3 Å². The summed E-state index contributed by atoms with van der Waals surface area (Å²) in [7, 11) is 0. The molecule has 0 aliphatic rings. The van der Waals surface area contributed by atoms with Crippen LogP contribution in [-0.4, -0.2) is 22.0 Å². The molecule has 1 aromatic rings. The van der Waals surface area contributed by atoms with Gasteiger partial charge in [0.2, 0.25) is 5.91 Å². The van der Waals surface area contributed by atoms with Crippen LogP contribution in [0.25, 0.3) is 0 Å². The maximum atomic E-state index is 11.0. The van der Waals surface area contributed by atoms with E-state index < -0.39 is 5.97 Å². The average Bonchev–Trinajstić information content (AvgIpc) is 2.18. The van der Waals surface area contributed by atoms with Crippen molar-refractivity contribution >= 4 is 17.6 Å². The van der Waals surface area contributed by atoms with Crippen molar-refractivity contribution in [3.8, 4) is 0 Å². The summed E-state index contributed by atoms with van der Waals surface area (Å²) < 4.78 is 0. The molecule has 0 aromatic carbocycles. The van der Waals surface area contributed by atoms with E-state index in [0.717, 1.165) is 0 Å². The van der Waals surface area contributed by atoms with Gasteiger partial charge in [-0.1, -0.05) is 6.92 Å². The first-order valence-corrected chi connectivity index (χ1v) is 4.12. The second-order valence-corrected chi connectivity index (χ2v) is 2.63. The molecule has 0 aliphatic heterocycles. The van der Waals surface area contributed by atoms with E-state index in [4.69, 9.17) is 5.11 Å². The van der Waals surface area contributed by atoms with E-state index in [1.165, 1.54) is 18.5 Å². The lowest BCUT2D eigenvalue weighted by Gasteiger charge is -2.05. The van der Waals surface area contributed by atoms with Crippen LogP contribution in [0.15, 0.2) is 18.5 Å². The van der Waals surface area contributed by atoms with Crippen molar-refractivity contribution in [1.82, 2.24) is 4.98 Å². The molecule has 1 rings (SSSR count). The molecule has 0 radical (unpaired) electrons. The minimum absolute atomic E-state index is 0.00528. The molecule has 0 atom stereocenters. The molecule has 0 saturated heterocycles. The second-order valence-electron chi connectivity index (χ2n) is 2.63. The number of anilines is 1. The highest BCUT2D eigenvalue weighted by atomic mass is 16.4. The summed E-state index contributed by atoms with van der Waals surface area (Å²) in [6, 6.07) is 1.46. The lowest BCUT2D eigenvalue weighted by Crippen LogP contribution is -2.13. The maximum Gasteiger partial charge on any atom is 0.339 e. The van der Waals surface area contributed by atoms with Gasteiger partial charge in [-0.3, -0.25) is 9.78 Å². The Bertz CT molecular complexity index is 363. The monoisotopic (exact) mass is 194 g/mol. The predicted molar refractivity (Wildman–Crippen MR) is 50.1 cm³/mol. The number of amides is 1. The van der Waals surface area contributed by atoms with Gasteiger partial charge >= 0.3 is 5.97 Å². The standard InChI is InChI=1S/C9H10N2O3/c1-2-8(12)11-7-3-4-10-5-6(7)9(13)14/h3-5H,2H2,1H3,(H,13,14)(H,10,11,12). The molecule has 14 heavy (non-hydrogen) atoms. The first-order valence-electron chi connectivity index (χ1n) is 4.12. The third kappa shape index (κ3) is 2.29. The van der Waals surface area contributed by atoms with Crippen LogP contribution in [0.4, 0.5) is 5.69 Å². The molecular weight excluding hydrogens is 184 g/mol. The van der Waals surface area contributed by atoms with Crippen LogP contribution < -0.4 is 5.32 Å². The van der Waals surface area contributed by atoms with E-state index in [2.05, 4.69) is 10.3 Å². The molecule has 0 spiro atoms. The van der Waals surface area contributed by atoms with Crippen molar-refractivity contribution in [3.63, 3.8) is 0 Å². The largest absolute Gasteiger partial charge is 0.478 e. The molecular formula is C9H10N2O3. The summed E-state index contributed by atoms with van der Waals surface area (Å²) in [6.45, 7) is 1.69. The highest BCUT2D eigenvalue weighted by molar-refractivity contribution is 6.00. The van der Waals surface area contributed by atoms with Gasteiger partial charge in [-0.05, 0) is 6.07 Å². The number of aromatic nitrogens is 1. The maximum absolute atomic E-state index is 11.0. The number of carbonyl (C=O) groups excluding carboxylic acids is 1. The Morgan fingerprint density at radius 1 is 1.57 bits per heavy atom. The van der Waals surface area contributed by atoms with Gasteiger partial charge in [-0.2, -0.15) is 0 Å². The molecule has 5 nitrogen and oxygen atoms in total. The molecule has 0 unspecified atom stereocenters. The van der Waals surface area contributed by atoms with Gasteiger partial charge < -0.3 is 10.4 Å². The molecule has 1 aromatic heterocycles. The number of rotatable bonds is 3. The van der Waals surface area contributed by atoms with E-state index in [9.17, 15) is 9.59 Å². The zero-order valence-electron chi connectivity index (χ0n) is 7.65. The molecule has 0 fully saturated rings. The lowest BCUT2D eigenvalue weighted by molar-refractivity contribution is -0.115. The van der Waals surface area contributed by atoms with Crippen molar-refractivity contribution in [3.05, 3.63) is 24.0 Å². The fourth-order valence-electron chi connectivity index (χ4n) is 0.912. The predicted octanol–water partition coefficient (Wildman–Crippen LogP) is 1.13. The SMILES string of the molecule is CCC(=O)Nc1ccncc1C(=O)O. The van der Waals surface area contributed by atoms with Crippen molar-refractivity contribution < 1.29 is 14.7 Å². The van der Waals surface area contributed by atoms with Crippen LogP contribution in [-0.2, 0) is 4.79 Å². The summed E-state index contributed by atoms with van der Waals surface area (Å²) in [4.78, 5) is 25.4. The van der Waals surface area contributed by atoms with Crippen LogP contribution >= 0.6 is 0 Å². The smallest absolute Gasteiger partial charge is 0.339 e. The summed E-state index contributed by atoms with van der Waals surface area (Å²) in [5.74, 6) is -1.33. The number of carboxylic acids is 1. The molecule has 0 aliphatic carbocycles. The van der Waals surface area contributed by atoms with Crippen LogP contribution in [0.2, 0.25) is 0 Å². The highest BCUT2D eigenvalue weighted by Gasteiger charge is 2.10. The van der Waals surface area contributed by atoms with Gasteiger partial charge in [-0.25, -0.2) is 4.79 Å². The molecule has 74 valence electrons. The molecule has 1 heterocycles. The highest BCUT2D eigenvalue weighted by Crippen LogP contribution is 2.13. The number of hydrogen-bond donors (Lipinski definition) is 2. The summed E-state index contributed by atoms with van der Waals surface area (Å²) >= 11 is 0. The Morgan fingerprint density at radius 3 is 2.86 bits per heavy atom. The van der Waals surface area contributed by atoms with Gasteiger partial charge in [0.05, 0.1) is 5.69 Å². The van der Waals surface area contributed by atoms with Crippen molar-refractivity contribution in [1.29, 1.82) is 0 Å². The molecule has 2 N–H and O–H groups in total. The summed E-state index contributed by atoms with van der Waals surface area (Å²) in [6.07, 6.45) is 2.94. The first-order chi connectivity index (χ1) is 6.65. The van der Waals surface area contributed by atoms with Gasteiger partial charge in [0.15, 0.2) is 0 Å². The number of carboxylic acid groups (broad SMARTS) is 1. The van der Waals surface area contributed by atoms with E-state index in [1.807, 2.05) is 0 Å². The number of nitrogens with one attached hydrogen (secondary N) is 1. The lowest BCUT2D eigenvalue weighted by atomic mass is 10.2. The van der Waals surface area contributed by atoms with Crippen LogP contribution in [0, 0.1) is 0 Å². The van der Waals surface area contributed by atoms with E-state index in [-0.39, 0.29) is 17.2 Å². The summed E-state index contributed by atoms with van der Waals surface area (Å²) in [5, 5.41) is 11.2. The molecule has 1 amide bonds. The first kappa shape index (κ1) is 10.2. The number of nitrogens with zero attached hydrogens (tertiary/aromatic N) is 1. The normalized spacial score (nSPS) is 9.50.